The van der Waals surface area contributed by atoms with Crippen LogP contribution in [0.2, 0.25) is 0 Å². The van der Waals surface area contributed by atoms with Crippen molar-refractivity contribution >= 4 is 0 Å². The van der Waals surface area contributed by atoms with Gasteiger partial charge < -0.3 is 14.8 Å². The predicted octanol–water partition coefficient (Wildman–Crippen LogP) is 3.39. The van der Waals surface area contributed by atoms with Gasteiger partial charge in [-0.3, -0.25) is 4.68 Å². The molecule has 0 fully saturated rings. The lowest BCUT2D eigenvalue weighted by atomic mass is 10.1. The van der Waals surface area contributed by atoms with Crippen molar-refractivity contribution in [3.8, 4) is 22.8 Å². The molecular weight excluding hydrogens is 314 g/mol. The molecule has 5 nitrogen and oxygen atoms in total. The molecule has 0 radical (unpaired) electrons. The van der Waals surface area contributed by atoms with Crippen LogP contribution in [0.4, 0.5) is 0 Å². The van der Waals surface area contributed by atoms with Gasteiger partial charge >= 0.3 is 0 Å². The quantitative estimate of drug-likeness (QED) is 0.718. The summed E-state index contributed by atoms with van der Waals surface area (Å²) in [6, 6.07) is 16.0. The number of nitrogens with one attached hydrogen (secondary N) is 1. The molecular formula is C20H23N3O2. The predicted molar refractivity (Wildman–Crippen MR) is 98.7 cm³/mol. The molecule has 0 bridgehead atoms. The van der Waals surface area contributed by atoms with E-state index in [4.69, 9.17) is 9.47 Å². The Morgan fingerprint density at radius 1 is 1.08 bits per heavy atom. The molecule has 1 N–H and O–H groups in total. The summed E-state index contributed by atoms with van der Waals surface area (Å²) >= 11 is 0. The van der Waals surface area contributed by atoms with Crippen LogP contribution < -0.4 is 14.8 Å². The molecule has 3 aromatic rings. The number of hydrogen-bond acceptors (Lipinski definition) is 4. The van der Waals surface area contributed by atoms with Crippen LogP contribution in [0.5, 0.6) is 11.5 Å². The van der Waals surface area contributed by atoms with Crippen LogP contribution in [0.3, 0.4) is 0 Å². The van der Waals surface area contributed by atoms with Gasteiger partial charge in [0.25, 0.3) is 0 Å². The van der Waals surface area contributed by atoms with E-state index in [-0.39, 0.29) is 0 Å². The summed E-state index contributed by atoms with van der Waals surface area (Å²) in [5.41, 5.74) is 4.22. The molecule has 3 rings (SSSR count). The van der Waals surface area contributed by atoms with Crippen LogP contribution in [0, 0.1) is 0 Å². The first kappa shape index (κ1) is 17.0. The van der Waals surface area contributed by atoms with E-state index < -0.39 is 0 Å². The van der Waals surface area contributed by atoms with Crippen molar-refractivity contribution in [2.75, 3.05) is 14.2 Å². The molecule has 0 amide bonds. The summed E-state index contributed by atoms with van der Waals surface area (Å²) in [6.45, 7) is 1.27. The third-order valence-corrected chi connectivity index (χ3v) is 3.95. The molecule has 0 aliphatic rings. The summed E-state index contributed by atoms with van der Waals surface area (Å²) in [4.78, 5) is 0. The summed E-state index contributed by atoms with van der Waals surface area (Å²) in [5, 5.41) is 7.76. The van der Waals surface area contributed by atoms with Gasteiger partial charge in [-0.15, -0.1) is 0 Å². The minimum atomic E-state index is 0.505. The highest BCUT2D eigenvalue weighted by Gasteiger charge is 2.13. The fraction of sp³-hybridized carbons (Fsp3) is 0.250. The molecule has 0 spiro atoms. The number of nitrogens with zero attached hydrogens (tertiary/aromatic N) is 2. The Morgan fingerprint density at radius 3 is 2.60 bits per heavy atom. The fourth-order valence-electron chi connectivity index (χ4n) is 2.77. The van der Waals surface area contributed by atoms with Crippen molar-refractivity contribution in [3.05, 3.63) is 65.9 Å². The standard InChI is InChI=1S/C20H23N3O2/c1-21-12-17-13-23(2)22-20(17)16-9-10-18(19(11-16)24-3)25-14-15-7-5-4-6-8-15/h4-11,13,21H,12,14H2,1-3H3. The highest BCUT2D eigenvalue weighted by Crippen LogP contribution is 2.33. The van der Waals surface area contributed by atoms with E-state index in [2.05, 4.69) is 10.4 Å². The Hall–Kier alpha value is -2.79. The molecule has 130 valence electrons. The van der Waals surface area contributed by atoms with Gasteiger partial charge in [-0.2, -0.15) is 5.10 Å². The smallest absolute Gasteiger partial charge is 0.161 e. The number of ether oxygens (including phenoxy) is 2. The number of aromatic nitrogens is 2. The molecule has 2 aromatic carbocycles. The molecule has 0 aliphatic carbocycles. The monoisotopic (exact) mass is 337 g/mol. The number of benzene rings is 2. The minimum Gasteiger partial charge on any atom is -0.493 e. The van der Waals surface area contributed by atoms with Crippen molar-refractivity contribution in [2.45, 2.75) is 13.2 Å². The topological polar surface area (TPSA) is 48.3 Å². The first-order valence-electron chi connectivity index (χ1n) is 8.23. The van der Waals surface area contributed by atoms with Gasteiger partial charge in [0, 0.05) is 30.9 Å². The van der Waals surface area contributed by atoms with E-state index in [0.29, 0.717) is 12.4 Å². The summed E-state index contributed by atoms with van der Waals surface area (Å²) in [6.07, 6.45) is 2.03. The average molecular weight is 337 g/mol. The maximum absolute atomic E-state index is 5.92. The first-order chi connectivity index (χ1) is 12.2. The van der Waals surface area contributed by atoms with Crippen molar-refractivity contribution in [3.63, 3.8) is 0 Å². The van der Waals surface area contributed by atoms with E-state index >= 15 is 0 Å². The van der Waals surface area contributed by atoms with Crippen LogP contribution in [0.1, 0.15) is 11.1 Å². The van der Waals surface area contributed by atoms with Crippen LogP contribution in [0.15, 0.2) is 54.7 Å². The lowest BCUT2D eigenvalue weighted by Crippen LogP contribution is -2.05. The lowest BCUT2D eigenvalue weighted by Gasteiger charge is -2.12. The third kappa shape index (κ3) is 4.00. The Kier molecular flexibility index (Phi) is 5.36. The highest BCUT2D eigenvalue weighted by molar-refractivity contribution is 5.66. The second-order valence-corrected chi connectivity index (χ2v) is 5.85. The fourth-order valence-corrected chi connectivity index (χ4v) is 2.77. The number of methoxy groups -OCH3 is 1. The van der Waals surface area contributed by atoms with Crippen LogP contribution >= 0.6 is 0 Å². The maximum Gasteiger partial charge on any atom is 0.161 e. The summed E-state index contributed by atoms with van der Waals surface area (Å²) < 4.78 is 13.3. The molecule has 0 aliphatic heterocycles. The second kappa shape index (κ2) is 7.85. The van der Waals surface area contributed by atoms with Crippen molar-refractivity contribution in [1.82, 2.24) is 15.1 Å². The van der Waals surface area contributed by atoms with Gasteiger partial charge in [0.1, 0.15) is 6.61 Å². The van der Waals surface area contributed by atoms with Crippen LogP contribution in [-0.2, 0) is 20.2 Å². The molecule has 25 heavy (non-hydrogen) atoms. The summed E-state index contributed by atoms with van der Waals surface area (Å²) in [5.74, 6) is 1.43. The first-order valence-corrected chi connectivity index (χ1v) is 8.23. The van der Waals surface area contributed by atoms with Crippen LogP contribution in [0.25, 0.3) is 11.3 Å². The summed E-state index contributed by atoms with van der Waals surface area (Å²) in [7, 11) is 5.51. The van der Waals surface area contributed by atoms with Crippen molar-refractivity contribution in [1.29, 1.82) is 0 Å². The largest absolute Gasteiger partial charge is 0.493 e. The number of rotatable bonds is 7. The Balaban J connectivity index is 1.84. The lowest BCUT2D eigenvalue weighted by molar-refractivity contribution is 0.284. The molecule has 0 saturated heterocycles. The zero-order valence-corrected chi connectivity index (χ0v) is 14.8. The van der Waals surface area contributed by atoms with Crippen molar-refractivity contribution < 1.29 is 9.47 Å². The SMILES string of the molecule is CNCc1cn(C)nc1-c1ccc(OCc2ccccc2)c(OC)c1. The Labute approximate surface area is 148 Å². The molecule has 1 heterocycles. The second-order valence-electron chi connectivity index (χ2n) is 5.85. The Bertz CT molecular complexity index is 828. The molecule has 0 saturated carbocycles. The zero-order valence-electron chi connectivity index (χ0n) is 14.8. The van der Waals surface area contributed by atoms with Gasteiger partial charge in [-0.05, 0) is 30.8 Å². The van der Waals surface area contributed by atoms with Crippen LogP contribution in [-0.4, -0.2) is 23.9 Å². The number of aryl methyl sites for hydroxylation is 1. The average Bonchev–Trinajstić information content (AvgIpc) is 3.01. The van der Waals surface area contributed by atoms with Gasteiger partial charge in [-0.1, -0.05) is 30.3 Å². The van der Waals surface area contributed by atoms with E-state index in [9.17, 15) is 0 Å². The maximum atomic E-state index is 5.92. The Morgan fingerprint density at radius 2 is 1.88 bits per heavy atom. The van der Waals surface area contributed by atoms with Gasteiger partial charge in [0.15, 0.2) is 11.5 Å². The third-order valence-electron chi connectivity index (χ3n) is 3.95. The highest BCUT2D eigenvalue weighted by atomic mass is 16.5. The minimum absolute atomic E-state index is 0.505. The molecule has 5 heteroatoms. The van der Waals surface area contributed by atoms with Gasteiger partial charge in [-0.25, -0.2) is 0 Å². The molecule has 0 atom stereocenters. The van der Waals surface area contributed by atoms with Gasteiger partial charge in [0.05, 0.1) is 12.8 Å². The molecule has 1 aromatic heterocycles. The van der Waals surface area contributed by atoms with E-state index in [1.54, 1.807) is 7.11 Å². The normalized spacial score (nSPS) is 10.7. The molecule has 0 unspecified atom stereocenters. The van der Waals surface area contributed by atoms with E-state index in [1.807, 2.05) is 73.5 Å². The van der Waals surface area contributed by atoms with Gasteiger partial charge in [0.2, 0.25) is 0 Å². The van der Waals surface area contributed by atoms with E-state index in [0.717, 1.165) is 34.7 Å². The zero-order chi connectivity index (χ0) is 17.6. The van der Waals surface area contributed by atoms with E-state index in [1.165, 1.54) is 0 Å². The van der Waals surface area contributed by atoms with Crippen molar-refractivity contribution in [2.24, 2.45) is 7.05 Å². The number of hydrogen-bond donors (Lipinski definition) is 1.